The second kappa shape index (κ2) is 8.67. The molecule has 0 bridgehead atoms. The fraction of sp³-hybridized carbons (Fsp3) is 0.348. The van der Waals surface area contributed by atoms with E-state index in [2.05, 4.69) is 0 Å². The minimum atomic E-state index is -0.394. The number of carbonyl (C=O) groups excluding carboxylic acids is 2. The Morgan fingerprint density at radius 1 is 1.19 bits per heavy atom. The van der Waals surface area contributed by atoms with E-state index in [1.165, 1.54) is 7.11 Å². The number of fused-ring (bicyclic) bond motifs is 1. The number of likely N-dealkylation sites (tertiary alicyclic amines) is 1. The van der Waals surface area contributed by atoms with Crippen LogP contribution in [0, 0.1) is 0 Å². The van der Waals surface area contributed by atoms with E-state index >= 15 is 0 Å². The number of phenols is 1. The number of esters is 1. The van der Waals surface area contributed by atoms with Crippen LogP contribution < -0.4 is 4.74 Å². The number of nitrogens with zero attached hydrogens (tertiary/aromatic N) is 3. The van der Waals surface area contributed by atoms with Gasteiger partial charge in [0.05, 0.1) is 30.3 Å². The van der Waals surface area contributed by atoms with Crippen LogP contribution in [0.2, 0.25) is 0 Å². The van der Waals surface area contributed by atoms with E-state index in [4.69, 9.17) is 14.5 Å². The van der Waals surface area contributed by atoms with Gasteiger partial charge in [-0.25, -0.2) is 9.78 Å². The highest BCUT2D eigenvalue weighted by Crippen LogP contribution is 2.33. The number of hydrogen-bond acceptors (Lipinski definition) is 6. The molecule has 8 heteroatoms. The number of imidazole rings is 1. The average molecular weight is 423 g/mol. The summed E-state index contributed by atoms with van der Waals surface area (Å²) in [4.78, 5) is 30.9. The van der Waals surface area contributed by atoms with E-state index in [-0.39, 0.29) is 11.7 Å². The number of aromatic nitrogens is 2. The zero-order valence-electron chi connectivity index (χ0n) is 17.6. The molecule has 162 valence electrons. The van der Waals surface area contributed by atoms with Crippen LogP contribution in [0.3, 0.4) is 0 Å². The zero-order valence-corrected chi connectivity index (χ0v) is 17.6. The van der Waals surface area contributed by atoms with Gasteiger partial charge in [0.15, 0.2) is 11.5 Å². The van der Waals surface area contributed by atoms with Crippen molar-refractivity contribution in [2.75, 3.05) is 26.8 Å². The van der Waals surface area contributed by atoms with Gasteiger partial charge < -0.3 is 24.0 Å². The molecule has 1 fully saturated rings. The van der Waals surface area contributed by atoms with Gasteiger partial charge in [0.2, 0.25) is 5.91 Å². The van der Waals surface area contributed by atoms with E-state index < -0.39 is 5.97 Å². The molecule has 2 heterocycles. The predicted molar refractivity (Wildman–Crippen MR) is 115 cm³/mol. The molecule has 2 aromatic carbocycles. The first kappa shape index (κ1) is 20.7. The van der Waals surface area contributed by atoms with Crippen molar-refractivity contribution < 1.29 is 24.2 Å². The monoisotopic (exact) mass is 423 g/mol. The maximum Gasteiger partial charge on any atom is 0.338 e. The number of rotatable bonds is 7. The smallest absolute Gasteiger partial charge is 0.338 e. The molecule has 4 rings (SSSR count). The Labute approximate surface area is 180 Å². The third-order valence-electron chi connectivity index (χ3n) is 5.46. The first-order valence-electron chi connectivity index (χ1n) is 10.3. The van der Waals surface area contributed by atoms with E-state index in [1.54, 1.807) is 37.3 Å². The molecule has 1 saturated heterocycles. The number of amides is 1. The van der Waals surface area contributed by atoms with Crippen molar-refractivity contribution in [2.45, 2.75) is 26.3 Å². The van der Waals surface area contributed by atoms with Gasteiger partial charge in [-0.2, -0.15) is 0 Å². The lowest BCUT2D eigenvalue weighted by atomic mass is 10.2. The van der Waals surface area contributed by atoms with E-state index in [0.717, 1.165) is 24.0 Å². The molecule has 0 spiro atoms. The lowest BCUT2D eigenvalue weighted by Crippen LogP contribution is -2.28. The molecule has 0 saturated carbocycles. The second-order valence-corrected chi connectivity index (χ2v) is 7.38. The van der Waals surface area contributed by atoms with Gasteiger partial charge in [-0.1, -0.05) is 0 Å². The zero-order chi connectivity index (χ0) is 22.0. The number of benzene rings is 2. The lowest BCUT2D eigenvalue weighted by molar-refractivity contribution is -0.127. The molecule has 0 aliphatic carbocycles. The summed E-state index contributed by atoms with van der Waals surface area (Å²) in [7, 11) is 1.49. The summed E-state index contributed by atoms with van der Waals surface area (Å²) in [5.74, 6) is 0.830. The maximum absolute atomic E-state index is 12.2. The molecule has 1 N–H and O–H groups in total. The number of aromatic hydroxyl groups is 1. The molecule has 1 aliphatic heterocycles. The Balaban J connectivity index is 1.77. The summed E-state index contributed by atoms with van der Waals surface area (Å²) in [6.07, 6.45) is 1.48. The summed E-state index contributed by atoms with van der Waals surface area (Å²) >= 11 is 0. The molecule has 1 aromatic heterocycles. The van der Waals surface area contributed by atoms with Crippen molar-refractivity contribution in [3.05, 3.63) is 42.0 Å². The Morgan fingerprint density at radius 2 is 2.03 bits per heavy atom. The van der Waals surface area contributed by atoms with Crippen molar-refractivity contribution in [3.8, 4) is 22.9 Å². The Bertz CT molecular complexity index is 1140. The minimum absolute atomic E-state index is 0.0428. The van der Waals surface area contributed by atoms with Gasteiger partial charge in [0, 0.05) is 31.6 Å². The quantitative estimate of drug-likeness (QED) is 0.587. The maximum atomic E-state index is 12.2. The second-order valence-electron chi connectivity index (χ2n) is 7.38. The molecule has 8 nitrogen and oxygen atoms in total. The third-order valence-corrected chi connectivity index (χ3v) is 5.46. The van der Waals surface area contributed by atoms with Gasteiger partial charge in [-0.3, -0.25) is 4.79 Å². The molecule has 31 heavy (non-hydrogen) atoms. The van der Waals surface area contributed by atoms with Crippen molar-refractivity contribution in [2.24, 2.45) is 0 Å². The van der Waals surface area contributed by atoms with E-state index in [0.29, 0.717) is 48.8 Å². The van der Waals surface area contributed by atoms with Crippen LogP contribution in [0.5, 0.6) is 11.5 Å². The highest BCUT2D eigenvalue weighted by atomic mass is 16.5. The van der Waals surface area contributed by atoms with E-state index in [1.807, 2.05) is 15.5 Å². The highest BCUT2D eigenvalue weighted by molar-refractivity contribution is 5.94. The largest absolute Gasteiger partial charge is 0.504 e. The van der Waals surface area contributed by atoms with Gasteiger partial charge in [0.25, 0.3) is 0 Å². The summed E-state index contributed by atoms with van der Waals surface area (Å²) in [5.41, 5.74) is 2.70. The summed E-state index contributed by atoms with van der Waals surface area (Å²) in [6, 6.07) is 10.3. The Kier molecular flexibility index (Phi) is 5.79. The predicted octanol–water partition coefficient (Wildman–Crippen LogP) is 3.22. The average Bonchev–Trinajstić information content (AvgIpc) is 3.35. The van der Waals surface area contributed by atoms with Crippen molar-refractivity contribution in [1.82, 2.24) is 14.5 Å². The fourth-order valence-electron chi connectivity index (χ4n) is 3.90. The molecule has 0 unspecified atom stereocenters. The molecule has 1 amide bonds. The van der Waals surface area contributed by atoms with Gasteiger partial charge in [-0.05, 0) is 49.7 Å². The van der Waals surface area contributed by atoms with Crippen molar-refractivity contribution in [3.63, 3.8) is 0 Å². The summed E-state index contributed by atoms with van der Waals surface area (Å²) in [6.45, 7) is 3.96. The normalized spacial score (nSPS) is 13.7. The van der Waals surface area contributed by atoms with Crippen LogP contribution in [0.25, 0.3) is 22.4 Å². The molecule has 0 radical (unpaired) electrons. The van der Waals surface area contributed by atoms with E-state index in [9.17, 15) is 14.7 Å². The molecule has 1 aliphatic rings. The van der Waals surface area contributed by atoms with Crippen LogP contribution in [-0.2, 0) is 16.1 Å². The minimum Gasteiger partial charge on any atom is -0.504 e. The fourth-order valence-corrected chi connectivity index (χ4v) is 3.90. The van der Waals surface area contributed by atoms with Crippen LogP contribution in [0.4, 0.5) is 0 Å². The van der Waals surface area contributed by atoms with Crippen LogP contribution in [-0.4, -0.2) is 58.2 Å². The van der Waals surface area contributed by atoms with Crippen LogP contribution in [0.15, 0.2) is 36.4 Å². The number of carbonyl (C=O) groups is 2. The number of hydrogen-bond donors (Lipinski definition) is 1. The molecular formula is C23H25N3O5. The van der Waals surface area contributed by atoms with Crippen LogP contribution >= 0.6 is 0 Å². The standard InChI is InChI=1S/C23H25N3O5/c1-3-31-23(29)16-6-8-18-17(13-16)24-22(15-7-9-19(27)20(14-15)30-2)26(18)12-11-25-10-4-5-21(25)28/h6-9,13-14,27H,3-5,10-12H2,1-2H3. The molecular weight excluding hydrogens is 398 g/mol. The first-order valence-corrected chi connectivity index (χ1v) is 10.3. The molecule has 0 atom stereocenters. The topological polar surface area (TPSA) is 93.9 Å². The third kappa shape index (κ3) is 4.05. The lowest BCUT2D eigenvalue weighted by Gasteiger charge is -2.17. The molecule has 3 aromatic rings. The van der Waals surface area contributed by atoms with Crippen molar-refractivity contribution >= 4 is 22.9 Å². The van der Waals surface area contributed by atoms with Gasteiger partial charge in [-0.15, -0.1) is 0 Å². The Hall–Kier alpha value is -3.55. The summed E-state index contributed by atoms with van der Waals surface area (Å²) in [5, 5.41) is 9.97. The summed E-state index contributed by atoms with van der Waals surface area (Å²) < 4.78 is 12.4. The number of phenolic OH excluding ortho intramolecular Hbond substituents is 1. The number of ether oxygens (including phenoxy) is 2. The highest BCUT2D eigenvalue weighted by Gasteiger charge is 2.22. The SMILES string of the molecule is CCOC(=O)c1ccc2c(c1)nc(-c1ccc(O)c(OC)c1)n2CCN1CCCC1=O. The first-order chi connectivity index (χ1) is 15.0. The van der Waals surface area contributed by atoms with Gasteiger partial charge in [0.1, 0.15) is 5.82 Å². The van der Waals surface area contributed by atoms with Gasteiger partial charge >= 0.3 is 5.97 Å². The van der Waals surface area contributed by atoms with Crippen molar-refractivity contribution in [1.29, 1.82) is 0 Å². The Morgan fingerprint density at radius 3 is 2.74 bits per heavy atom. The van der Waals surface area contributed by atoms with Crippen LogP contribution in [0.1, 0.15) is 30.1 Å². The number of methoxy groups -OCH3 is 1.